The molecule has 3 rings (SSSR count). The monoisotopic (exact) mass is 406 g/mol. The zero-order valence-electron chi connectivity index (χ0n) is 14.2. The van der Waals surface area contributed by atoms with E-state index in [9.17, 15) is 4.79 Å². The Bertz CT molecular complexity index is 944. The van der Waals surface area contributed by atoms with Gasteiger partial charge < -0.3 is 0 Å². The highest BCUT2D eigenvalue weighted by Crippen LogP contribution is 2.26. The second-order valence-corrected chi connectivity index (χ2v) is 7.38. The van der Waals surface area contributed by atoms with Crippen LogP contribution >= 0.6 is 34.5 Å². The van der Waals surface area contributed by atoms with Crippen molar-refractivity contribution < 1.29 is 4.79 Å². The summed E-state index contributed by atoms with van der Waals surface area (Å²) in [6, 6.07) is 8.98. The fourth-order valence-corrected chi connectivity index (χ4v) is 3.63. The summed E-state index contributed by atoms with van der Waals surface area (Å²) in [7, 11) is 0. The lowest BCUT2D eigenvalue weighted by molar-refractivity contribution is 0.0959. The Hall–Kier alpha value is -2.15. The molecule has 1 aromatic carbocycles. The summed E-state index contributed by atoms with van der Waals surface area (Å²) in [5.74, 6) is -0.234. The van der Waals surface area contributed by atoms with Crippen LogP contribution in [0.4, 0.5) is 0 Å². The zero-order chi connectivity index (χ0) is 18.7. The second-order valence-electron chi connectivity index (χ2n) is 5.62. The average molecular weight is 407 g/mol. The Morgan fingerprint density at radius 1 is 1.27 bits per heavy atom. The van der Waals surface area contributed by atoms with E-state index in [2.05, 4.69) is 15.6 Å². The van der Waals surface area contributed by atoms with Gasteiger partial charge in [-0.1, -0.05) is 35.3 Å². The van der Waals surface area contributed by atoms with E-state index >= 15 is 0 Å². The highest BCUT2D eigenvalue weighted by molar-refractivity contribution is 7.12. The average Bonchev–Trinajstić information content (AvgIpc) is 3.22. The van der Waals surface area contributed by atoms with Crippen LogP contribution in [0.3, 0.4) is 0 Å². The lowest BCUT2D eigenvalue weighted by Crippen LogP contribution is -2.16. The van der Waals surface area contributed by atoms with Gasteiger partial charge in [-0.15, -0.1) is 11.3 Å². The summed E-state index contributed by atoms with van der Waals surface area (Å²) in [4.78, 5) is 12.5. The maximum Gasteiger partial charge on any atom is 0.281 e. The molecule has 0 saturated heterocycles. The molecule has 26 heavy (non-hydrogen) atoms. The first kappa shape index (κ1) is 18.6. The molecule has 5 nitrogen and oxygen atoms in total. The molecule has 0 fully saturated rings. The molecule has 0 radical (unpaired) electrons. The van der Waals surface area contributed by atoms with Gasteiger partial charge in [0.25, 0.3) is 5.91 Å². The molecule has 134 valence electrons. The number of rotatable bonds is 5. The fraction of sp³-hybridized carbons (Fsp3) is 0.167. The highest BCUT2D eigenvalue weighted by atomic mass is 35.5. The van der Waals surface area contributed by atoms with Gasteiger partial charge in [0, 0.05) is 26.9 Å². The largest absolute Gasteiger partial charge is 0.281 e. The molecule has 0 saturated carbocycles. The van der Waals surface area contributed by atoms with Crippen molar-refractivity contribution in [2.75, 3.05) is 0 Å². The summed E-state index contributed by atoms with van der Waals surface area (Å²) in [6.45, 7) is 4.29. The van der Waals surface area contributed by atoms with E-state index in [1.807, 2.05) is 36.0 Å². The van der Waals surface area contributed by atoms with Gasteiger partial charge >= 0.3 is 0 Å². The molecule has 0 bridgehead atoms. The Kier molecular flexibility index (Phi) is 5.76. The molecule has 0 atom stereocenters. The van der Waals surface area contributed by atoms with Gasteiger partial charge in [-0.05, 0) is 37.4 Å². The van der Waals surface area contributed by atoms with Crippen LogP contribution in [0.1, 0.15) is 32.2 Å². The minimum absolute atomic E-state index is 0.234. The van der Waals surface area contributed by atoms with E-state index in [0.717, 1.165) is 22.5 Å². The molecule has 0 unspecified atom stereocenters. The Labute approximate surface area is 165 Å². The van der Waals surface area contributed by atoms with Crippen LogP contribution in [-0.2, 0) is 6.54 Å². The van der Waals surface area contributed by atoms with Gasteiger partial charge in [-0.2, -0.15) is 10.2 Å². The number of aryl methyl sites for hydroxylation is 1. The number of halogens is 2. The molecular weight excluding hydrogens is 391 g/mol. The lowest BCUT2D eigenvalue weighted by Gasteiger charge is -2.08. The number of benzene rings is 1. The van der Waals surface area contributed by atoms with Gasteiger partial charge in [0.2, 0.25) is 0 Å². The second kappa shape index (κ2) is 8.03. The standard InChI is InChI=1S/C18H16Cl2N4OS/c1-11-13(9-21-22-18(25)17-7-4-8-26-17)12(2)24(23-11)10-14-15(19)5-3-6-16(14)20/h3-9H,10H2,1-2H3,(H,22,25)/b21-9-. The van der Waals surface area contributed by atoms with Gasteiger partial charge in [0.15, 0.2) is 0 Å². The molecule has 3 aromatic rings. The third-order valence-corrected chi connectivity index (χ3v) is 5.49. The Morgan fingerprint density at radius 2 is 2.00 bits per heavy atom. The molecule has 1 N–H and O–H groups in total. The summed E-state index contributed by atoms with van der Waals surface area (Å²) < 4.78 is 1.82. The number of hydrazone groups is 1. The number of aromatic nitrogens is 2. The molecule has 1 amide bonds. The molecule has 2 aromatic heterocycles. The lowest BCUT2D eigenvalue weighted by atomic mass is 10.2. The van der Waals surface area contributed by atoms with Crippen molar-refractivity contribution in [1.82, 2.24) is 15.2 Å². The molecule has 0 spiro atoms. The first-order chi connectivity index (χ1) is 12.5. The molecule has 8 heteroatoms. The van der Waals surface area contributed by atoms with Crippen LogP contribution in [0.15, 0.2) is 40.8 Å². The van der Waals surface area contributed by atoms with Crippen LogP contribution in [0.2, 0.25) is 10.0 Å². The minimum Gasteiger partial charge on any atom is -0.266 e. The van der Waals surface area contributed by atoms with Crippen molar-refractivity contribution in [2.45, 2.75) is 20.4 Å². The van der Waals surface area contributed by atoms with Crippen LogP contribution in [0.25, 0.3) is 0 Å². The number of thiophene rings is 1. The summed E-state index contributed by atoms with van der Waals surface area (Å²) in [6.07, 6.45) is 1.61. The zero-order valence-corrected chi connectivity index (χ0v) is 16.5. The number of hydrogen-bond donors (Lipinski definition) is 1. The number of hydrogen-bond acceptors (Lipinski definition) is 4. The number of nitrogens with zero attached hydrogens (tertiary/aromatic N) is 3. The molecule has 0 aliphatic heterocycles. The van der Waals surface area contributed by atoms with Crippen molar-refractivity contribution >= 4 is 46.7 Å². The third kappa shape index (κ3) is 3.98. The van der Waals surface area contributed by atoms with Gasteiger partial charge in [0.1, 0.15) is 0 Å². The van der Waals surface area contributed by atoms with Crippen LogP contribution in [0, 0.1) is 13.8 Å². The van der Waals surface area contributed by atoms with Crippen molar-refractivity contribution in [1.29, 1.82) is 0 Å². The summed E-state index contributed by atoms with van der Waals surface area (Å²) in [5, 5.41) is 11.6. The van der Waals surface area contributed by atoms with Crippen molar-refractivity contribution in [3.8, 4) is 0 Å². The van der Waals surface area contributed by atoms with E-state index in [4.69, 9.17) is 23.2 Å². The SMILES string of the molecule is Cc1nn(Cc2c(Cl)cccc2Cl)c(C)c1/C=N\NC(=O)c1cccs1. The fourth-order valence-electron chi connectivity index (χ4n) is 2.50. The minimum atomic E-state index is -0.234. The topological polar surface area (TPSA) is 59.3 Å². The van der Waals surface area contributed by atoms with E-state index in [1.54, 1.807) is 24.4 Å². The van der Waals surface area contributed by atoms with Crippen LogP contribution in [0.5, 0.6) is 0 Å². The Balaban J connectivity index is 1.78. The quantitative estimate of drug-likeness (QED) is 0.493. The predicted octanol–water partition coefficient (Wildman–Crippen LogP) is 4.68. The van der Waals surface area contributed by atoms with E-state index in [0.29, 0.717) is 21.5 Å². The first-order valence-electron chi connectivity index (χ1n) is 7.81. The normalized spacial score (nSPS) is 11.2. The van der Waals surface area contributed by atoms with Crippen LogP contribution in [-0.4, -0.2) is 21.9 Å². The molecular formula is C18H16Cl2N4OS. The maximum absolute atomic E-state index is 11.9. The smallest absolute Gasteiger partial charge is 0.266 e. The highest BCUT2D eigenvalue weighted by Gasteiger charge is 2.13. The summed E-state index contributed by atoms with van der Waals surface area (Å²) in [5.41, 5.74) is 5.90. The number of nitrogens with one attached hydrogen (secondary N) is 1. The molecule has 2 heterocycles. The maximum atomic E-state index is 11.9. The van der Waals surface area contributed by atoms with E-state index in [1.165, 1.54) is 11.3 Å². The number of carbonyl (C=O) groups excluding carboxylic acids is 1. The van der Waals surface area contributed by atoms with E-state index in [-0.39, 0.29) is 5.91 Å². The van der Waals surface area contributed by atoms with E-state index < -0.39 is 0 Å². The number of carbonyl (C=O) groups is 1. The van der Waals surface area contributed by atoms with Gasteiger partial charge in [-0.25, -0.2) is 5.43 Å². The molecule has 0 aliphatic carbocycles. The third-order valence-electron chi connectivity index (χ3n) is 3.91. The Morgan fingerprint density at radius 3 is 2.65 bits per heavy atom. The predicted molar refractivity (Wildman–Crippen MR) is 107 cm³/mol. The van der Waals surface area contributed by atoms with Gasteiger partial charge in [-0.3, -0.25) is 9.48 Å². The summed E-state index contributed by atoms with van der Waals surface area (Å²) >= 11 is 13.9. The van der Waals surface area contributed by atoms with Crippen molar-refractivity contribution in [3.05, 3.63) is 73.1 Å². The van der Waals surface area contributed by atoms with Crippen molar-refractivity contribution in [2.24, 2.45) is 5.10 Å². The first-order valence-corrected chi connectivity index (χ1v) is 9.44. The van der Waals surface area contributed by atoms with Crippen molar-refractivity contribution in [3.63, 3.8) is 0 Å². The van der Waals surface area contributed by atoms with Crippen LogP contribution < -0.4 is 5.43 Å². The molecule has 0 aliphatic rings. The number of amides is 1. The van der Waals surface area contributed by atoms with Gasteiger partial charge in [0.05, 0.1) is 23.3 Å².